The molecular formula is C18H20FN5O2S. The minimum absolute atomic E-state index is 0.00250. The molecule has 1 atom stereocenters. The van der Waals surface area contributed by atoms with Crippen LogP contribution in [0.1, 0.15) is 31.4 Å². The van der Waals surface area contributed by atoms with Gasteiger partial charge in [-0.1, -0.05) is 19.1 Å². The number of nitrogens with one attached hydrogen (secondary N) is 1. The first-order chi connectivity index (χ1) is 13.0. The highest BCUT2D eigenvalue weighted by molar-refractivity contribution is 7.89. The van der Waals surface area contributed by atoms with Gasteiger partial charge in [-0.25, -0.2) is 22.5 Å². The van der Waals surface area contributed by atoms with Crippen molar-refractivity contribution in [1.82, 2.24) is 19.3 Å². The SMILES string of the molecule is CCNS(=O)(=O)c1cnc2ccc(N3CCCC3c3cccc(F)c3)nn12. The summed E-state index contributed by atoms with van der Waals surface area (Å²) in [5.74, 6) is 0.372. The zero-order valence-electron chi connectivity index (χ0n) is 14.8. The second-order valence-electron chi connectivity index (χ2n) is 6.47. The normalized spacial score (nSPS) is 17.7. The molecule has 1 unspecified atom stereocenters. The van der Waals surface area contributed by atoms with Crippen molar-refractivity contribution >= 4 is 21.5 Å². The minimum atomic E-state index is -3.69. The van der Waals surface area contributed by atoms with E-state index in [0.29, 0.717) is 11.5 Å². The van der Waals surface area contributed by atoms with Crippen LogP contribution in [-0.2, 0) is 10.0 Å². The molecule has 1 aliphatic rings. The van der Waals surface area contributed by atoms with Crippen LogP contribution >= 0.6 is 0 Å². The van der Waals surface area contributed by atoms with Crippen molar-refractivity contribution in [2.24, 2.45) is 0 Å². The quantitative estimate of drug-likeness (QED) is 0.725. The van der Waals surface area contributed by atoms with E-state index in [9.17, 15) is 12.8 Å². The van der Waals surface area contributed by atoms with Crippen LogP contribution in [0.3, 0.4) is 0 Å². The van der Waals surface area contributed by atoms with Crippen LogP contribution in [0.5, 0.6) is 0 Å². The maximum atomic E-state index is 13.7. The van der Waals surface area contributed by atoms with Crippen molar-refractivity contribution in [1.29, 1.82) is 0 Å². The summed E-state index contributed by atoms with van der Waals surface area (Å²) in [4.78, 5) is 6.22. The van der Waals surface area contributed by atoms with Crippen molar-refractivity contribution in [2.45, 2.75) is 30.8 Å². The van der Waals surface area contributed by atoms with Gasteiger partial charge in [-0.2, -0.15) is 4.52 Å². The van der Waals surface area contributed by atoms with Crippen LogP contribution < -0.4 is 9.62 Å². The predicted molar refractivity (Wildman–Crippen MR) is 99.6 cm³/mol. The van der Waals surface area contributed by atoms with Crippen LogP contribution in [0.15, 0.2) is 47.6 Å². The number of sulfonamides is 1. The first-order valence-electron chi connectivity index (χ1n) is 8.86. The summed E-state index contributed by atoms with van der Waals surface area (Å²) < 4.78 is 42.2. The molecule has 4 rings (SSSR count). The topological polar surface area (TPSA) is 79.6 Å². The van der Waals surface area contributed by atoms with E-state index in [-0.39, 0.29) is 23.4 Å². The highest BCUT2D eigenvalue weighted by Gasteiger charge is 2.28. The molecule has 0 saturated carbocycles. The zero-order valence-corrected chi connectivity index (χ0v) is 15.7. The van der Waals surface area contributed by atoms with Gasteiger partial charge >= 0.3 is 0 Å². The zero-order chi connectivity index (χ0) is 19.0. The fourth-order valence-electron chi connectivity index (χ4n) is 3.54. The van der Waals surface area contributed by atoms with E-state index in [0.717, 1.165) is 24.9 Å². The molecule has 3 heterocycles. The number of fused-ring (bicyclic) bond motifs is 1. The van der Waals surface area contributed by atoms with Gasteiger partial charge in [0, 0.05) is 13.1 Å². The van der Waals surface area contributed by atoms with Crippen LogP contribution in [-0.4, -0.2) is 36.1 Å². The van der Waals surface area contributed by atoms with Crippen LogP contribution in [0, 0.1) is 5.82 Å². The van der Waals surface area contributed by atoms with Crippen molar-refractivity contribution in [3.05, 3.63) is 54.0 Å². The molecule has 1 saturated heterocycles. The Bertz CT molecular complexity index is 1080. The lowest BCUT2D eigenvalue weighted by atomic mass is 10.0. The number of nitrogens with zero attached hydrogens (tertiary/aromatic N) is 4. The molecule has 0 bridgehead atoms. The van der Waals surface area contributed by atoms with E-state index in [4.69, 9.17) is 0 Å². The first kappa shape index (κ1) is 17.9. The van der Waals surface area contributed by atoms with Gasteiger partial charge in [0.05, 0.1) is 12.2 Å². The smallest absolute Gasteiger partial charge is 0.259 e. The van der Waals surface area contributed by atoms with E-state index in [1.54, 1.807) is 25.1 Å². The van der Waals surface area contributed by atoms with Crippen molar-refractivity contribution in [2.75, 3.05) is 18.0 Å². The largest absolute Gasteiger partial charge is 0.348 e. The van der Waals surface area contributed by atoms with Gasteiger partial charge in [0.1, 0.15) is 11.6 Å². The molecule has 1 aromatic carbocycles. The summed E-state index contributed by atoms with van der Waals surface area (Å²) in [5, 5.41) is 4.53. The summed E-state index contributed by atoms with van der Waals surface area (Å²) in [6.07, 6.45) is 3.14. The summed E-state index contributed by atoms with van der Waals surface area (Å²) in [6.45, 7) is 2.76. The lowest BCUT2D eigenvalue weighted by molar-refractivity contribution is 0.575. The van der Waals surface area contributed by atoms with E-state index in [1.165, 1.54) is 16.8 Å². The Hall–Kier alpha value is -2.52. The lowest BCUT2D eigenvalue weighted by Crippen LogP contribution is -2.26. The summed E-state index contributed by atoms with van der Waals surface area (Å²) in [7, 11) is -3.69. The number of aromatic nitrogens is 3. The number of rotatable bonds is 5. The average Bonchev–Trinajstić information content (AvgIpc) is 3.28. The number of anilines is 1. The monoisotopic (exact) mass is 389 g/mol. The molecule has 2 aromatic heterocycles. The van der Waals surface area contributed by atoms with Gasteiger partial charge in [0.25, 0.3) is 10.0 Å². The molecular weight excluding hydrogens is 369 g/mol. The molecule has 0 amide bonds. The highest BCUT2D eigenvalue weighted by atomic mass is 32.2. The third-order valence-electron chi connectivity index (χ3n) is 4.71. The van der Waals surface area contributed by atoms with Gasteiger partial charge in [-0.15, -0.1) is 5.10 Å². The molecule has 142 valence electrons. The molecule has 1 fully saturated rings. The minimum Gasteiger partial charge on any atom is -0.348 e. The molecule has 0 aliphatic carbocycles. The predicted octanol–water partition coefficient (Wildman–Crippen LogP) is 2.51. The van der Waals surface area contributed by atoms with Gasteiger partial charge in [-0.05, 0) is 42.7 Å². The van der Waals surface area contributed by atoms with Gasteiger partial charge in [0.15, 0.2) is 10.7 Å². The molecule has 1 aliphatic heterocycles. The Morgan fingerprint density at radius 1 is 1.30 bits per heavy atom. The lowest BCUT2D eigenvalue weighted by Gasteiger charge is -2.26. The third kappa shape index (κ3) is 3.28. The summed E-state index contributed by atoms with van der Waals surface area (Å²) >= 11 is 0. The van der Waals surface area contributed by atoms with Gasteiger partial charge < -0.3 is 4.90 Å². The van der Waals surface area contributed by atoms with Crippen LogP contribution in [0.25, 0.3) is 5.65 Å². The Kier molecular flexibility index (Phi) is 4.56. The van der Waals surface area contributed by atoms with Crippen molar-refractivity contribution < 1.29 is 12.8 Å². The fraction of sp³-hybridized carbons (Fsp3) is 0.333. The molecule has 0 spiro atoms. The number of hydrogen-bond acceptors (Lipinski definition) is 5. The number of benzene rings is 1. The third-order valence-corrected chi connectivity index (χ3v) is 6.20. The van der Waals surface area contributed by atoms with Crippen LogP contribution in [0.2, 0.25) is 0 Å². The number of hydrogen-bond donors (Lipinski definition) is 1. The van der Waals surface area contributed by atoms with Gasteiger partial charge in [0.2, 0.25) is 0 Å². The van der Waals surface area contributed by atoms with Crippen molar-refractivity contribution in [3.8, 4) is 0 Å². The molecule has 7 nitrogen and oxygen atoms in total. The second-order valence-corrected chi connectivity index (χ2v) is 8.18. The highest BCUT2D eigenvalue weighted by Crippen LogP contribution is 2.35. The Morgan fingerprint density at radius 3 is 2.93 bits per heavy atom. The second kappa shape index (κ2) is 6.90. The molecule has 27 heavy (non-hydrogen) atoms. The molecule has 3 aromatic rings. The Balaban J connectivity index is 1.75. The number of halogens is 1. The Labute approximate surface area is 156 Å². The number of imidazole rings is 1. The van der Waals surface area contributed by atoms with E-state index in [1.807, 2.05) is 12.1 Å². The van der Waals surface area contributed by atoms with E-state index in [2.05, 4.69) is 19.7 Å². The molecule has 0 radical (unpaired) electrons. The van der Waals surface area contributed by atoms with E-state index >= 15 is 0 Å². The molecule has 9 heteroatoms. The fourth-order valence-corrected chi connectivity index (χ4v) is 4.63. The maximum Gasteiger partial charge on any atom is 0.259 e. The summed E-state index contributed by atoms with van der Waals surface area (Å²) in [6, 6.07) is 10.1. The van der Waals surface area contributed by atoms with E-state index < -0.39 is 10.0 Å². The first-order valence-corrected chi connectivity index (χ1v) is 10.3. The van der Waals surface area contributed by atoms with Gasteiger partial charge in [-0.3, -0.25) is 0 Å². The summed E-state index contributed by atoms with van der Waals surface area (Å²) in [5.41, 5.74) is 1.34. The van der Waals surface area contributed by atoms with Crippen molar-refractivity contribution in [3.63, 3.8) is 0 Å². The maximum absolute atomic E-state index is 13.7. The van der Waals surface area contributed by atoms with Crippen LogP contribution in [0.4, 0.5) is 10.2 Å². The average molecular weight is 389 g/mol. The molecule has 1 N–H and O–H groups in total. The standard InChI is InChI=1S/C18H20FN5O2S/c1-2-21-27(25,26)18-12-20-16-8-9-17(22-24(16)18)23-10-4-7-15(23)13-5-3-6-14(19)11-13/h3,5-6,8-9,11-12,15,21H,2,4,7,10H2,1H3. The Morgan fingerprint density at radius 2 is 2.15 bits per heavy atom.